The zero-order chi connectivity index (χ0) is 5.70. The van der Waals surface area contributed by atoms with Crippen LogP contribution in [-0.4, -0.2) is 26.5 Å². The minimum atomic E-state index is -0.194. The lowest BCUT2D eigenvalue weighted by Gasteiger charge is -2.03. The molecule has 0 radical (unpaired) electrons. The first kappa shape index (κ1) is 6.59. The van der Waals surface area contributed by atoms with E-state index in [0.717, 1.165) is 6.29 Å². The van der Waals surface area contributed by atoms with Crippen LogP contribution in [0.2, 0.25) is 0 Å². The van der Waals surface area contributed by atoms with Crippen LogP contribution in [0.5, 0.6) is 0 Å². The SMILES string of the molecule is CNC(C=O)NC. The van der Waals surface area contributed by atoms with Crippen LogP contribution in [0.15, 0.2) is 0 Å². The maximum absolute atomic E-state index is 9.84. The molecule has 0 aromatic heterocycles. The first-order valence-electron chi connectivity index (χ1n) is 2.15. The Morgan fingerprint density at radius 3 is 1.86 bits per heavy atom. The fraction of sp³-hybridized carbons (Fsp3) is 0.750. The summed E-state index contributed by atoms with van der Waals surface area (Å²) in [6, 6.07) is 0. The Kier molecular flexibility index (Phi) is 3.55. The Bertz CT molecular complexity index is 51.7. The van der Waals surface area contributed by atoms with E-state index in [1.165, 1.54) is 0 Å². The van der Waals surface area contributed by atoms with Crippen LogP contribution in [-0.2, 0) is 4.79 Å². The lowest BCUT2D eigenvalue weighted by atomic mass is 10.6. The molecule has 0 aromatic rings. The minimum absolute atomic E-state index is 0.194. The maximum atomic E-state index is 9.84. The minimum Gasteiger partial charge on any atom is -0.300 e. The molecule has 0 unspecified atom stereocenters. The Morgan fingerprint density at radius 1 is 1.43 bits per heavy atom. The van der Waals surface area contributed by atoms with Crippen LogP contribution in [0.4, 0.5) is 0 Å². The molecule has 3 nitrogen and oxygen atoms in total. The van der Waals surface area contributed by atoms with Crippen molar-refractivity contribution < 1.29 is 4.79 Å². The molecule has 0 atom stereocenters. The number of nitrogens with one attached hydrogen (secondary N) is 2. The molecule has 0 rings (SSSR count). The average Bonchev–Trinajstić information content (AvgIpc) is 1.72. The zero-order valence-electron chi connectivity index (χ0n) is 4.56. The summed E-state index contributed by atoms with van der Waals surface area (Å²) < 4.78 is 0. The highest BCUT2D eigenvalue weighted by molar-refractivity contribution is 5.56. The molecular weight excluding hydrogens is 92.1 g/mol. The Balaban J connectivity index is 3.16. The highest BCUT2D eigenvalue weighted by Gasteiger charge is 1.93. The molecule has 7 heavy (non-hydrogen) atoms. The number of carbonyl (C=O) groups excluding carboxylic acids is 1. The van der Waals surface area contributed by atoms with Gasteiger partial charge in [-0.15, -0.1) is 0 Å². The summed E-state index contributed by atoms with van der Waals surface area (Å²) in [5, 5.41) is 5.44. The number of aldehydes is 1. The first-order chi connectivity index (χ1) is 3.35. The molecule has 2 N–H and O–H groups in total. The highest BCUT2D eigenvalue weighted by atomic mass is 16.1. The van der Waals surface area contributed by atoms with Crippen molar-refractivity contribution in [2.45, 2.75) is 6.17 Å². The molecule has 0 amide bonds. The van der Waals surface area contributed by atoms with Crippen molar-refractivity contribution in [2.24, 2.45) is 0 Å². The van der Waals surface area contributed by atoms with Gasteiger partial charge < -0.3 is 4.79 Å². The molecule has 0 fully saturated rings. The quantitative estimate of drug-likeness (QED) is 0.353. The summed E-state index contributed by atoms with van der Waals surface area (Å²) in [6.45, 7) is 0. The van der Waals surface area contributed by atoms with Gasteiger partial charge in [-0.25, -0.2) is 0 Å². The van der Waals surface area contributed by atoms with E-state index in [0.29, 0.717) is 0 Å². The van der Waals surface area contributed by atoms with Crippen LogP contribution in [0.3, 0.4) is 0 Å². The number of likely N-dealkylation sites (N-methyl/N-ethyl adjacent to an activating group) is 2. The van der Waals surface area contributed by atoms with E-state index in [-0.39, 0.29) is 6.17 Å². The van der Waals surface area contributed by atoms with Crippen molar-refractivity contribution >= 4 is 6.29 Å². The lowest BCUT2D eigenvalue weighted by Crippen LogP contribution is -2.38. The van der Waals surface area contributed by atoms with Gasteiger partial charge in [0.25, 0.3) is 0 Å². The molecular formula is C4H10N2O. The number of rotatable bonds is 3. The third-order valence-electron chi connectivity index (χ3n) is 0.758. The largest absolute Gasteiger partial charge is 0.300 e. The maximum Gasteiger partial charge on any atom is 0.151 e. The summed E-state index contributed by atoms with van der Waals surface area (Å²) in [5.74, 6) is 0. The predicted molar refractivity (Wildman–Crippen MR) is 28.0 cm³/mol. The van der Waals surface area contributed by atoms with E-state index in [9.17, 15) is 4.79 Å². The van der Waals surface area contributed by atoms with E-state index < -0.39 is 0 Å². The second-order valence-electron chi connectivity index (χ2n) is 1.19. The number of hydrogen-bond acceptors (Lipinski definition) is 3. The third kappa shape index (κ3) is 2.31. The van der Waals surface area contributed by atoms with Gasteiger partial charge in [-0.1, -0.05) is 0 Å². The fourth-order valence-electron chi connectivity index (χ4n) is 0.280. The Morgan fingerprint density at radius 2 is 1.86 bits per heavy atom. The summed E-state index contributed by atoms with van der Waals surface area (Å²) in [7, 11) is 3.44. The molecule has 0 aliphatic carbocycles. The highest BCUT2D eigenvalue weighted by Crippen LogP contribution is 1.59. The topological polar surface area (TPSA) is 41.1 Å². The number of carbonyl (C=O) groups is 1. The van der Waals surface area contributed by atoms with E-state index in [1.807, 2.05) is 0 Å². The second kappa shape index (κ2) is 3.77. The van der Waals surface area contributed by atoms with E-state index in [1.54, 1.807) is 14.1 Å². The van der Waals surface area contributed by atoms with Gasteiger partial charge >= 0.3 is 0 Å². The van der Waals surface area contributed by atoms with Gasteiger partial charge in [-0.05, 0) is 14.1 Å². The summed E-state index contributed by atoms with van der Waals surface area (Å²) in [5.41, 5.74) is 0. The molecule has 0 heterocycles. The van der Waals surface area contributed by atoms with E-state index in [2.05, 4.69) is 10.6 Å². The summed E-state index contributed by atoms with van der Waals surface area (Å²) in [4.78, 5) is 9.84. The van der Waals surface area contributed by atoms with Crippen LogP contribution < -0.4 is 10.6 Å². The van der Waals surface area contributed by atoms with Gasteiger partial charge in [-0.3, -0.25) is 10.6 Å². The van der Waals surface area contributed by atoms with E-state index >= 15 is 0 Å². The molecule has 0 bridgehead atoms. The van der Waals surface area contributed by atoms with Gasteiger partial charge in [-0.2, -0.15) is 0 Å². The van der Waals surface area contributed by atoms with Crippen LogP contribution >= 0.6 is 0 Å². The molecule has 0 spiro atoms. The van der Waals surface area contributed by atoms with Crippen molar-refractivity contribution in [2.75, 3.05) is 14.1 Å². The van der Waals surface area contributed by atoms with Crippen molar-refractivity contribution in [3.63, 3.8) is 0 Å². The second-order valence-corrected chi connectivity index (χ2v) is 1.19. The van der Waals surface area contributed by atoms with Crippen molar-refractivity contribution in [3.8, 4) is 0 Å². The predicted octanol–water partition coefficient (Wildman–Crippen LogP) is -1.05. The molecule has 0 aliphatic rings. The molecule has 0 saturated carbocycles. The van der Waals surface area contributed by atoms with Crippen molar-refractivity contribution in [1.29, 1.82) is 0 Å². The van der Waals surface area contributed by atoms with Crippen molar-refractivity contribution in [3.05, 3.63) is 0 Å². The van der Waals surface area contributed by atoms with Gasteiger partial charge in [0.15, 0.2) is 6.29 Å². The Labute approximate surface area is 43.1 Å². The van der Waals surface area contributed by atoms with E-state index in [4.69, 9.17) is 0 Å². The van der Waals surface area contributed by atoms with Crippen LogP contribution in [0, 0.1) is 0 Å². The first-order valence-corrected chi connectivity index (χ1v) is 2.15. The normalized spacial score (nSPS) is 9.57. The molecule has 0 saturated heterocycles. The smallest absolute Gasteiger partial charge is 0.151 e. The van der Waals surface area contributed by atoms with Crippen LogP contribution in [0.1, 0.15) is 0 Å². The van der Waals surface area contributed by atoms with Crippen molar-refractivity contribution in [1.82, 2.24) is 10.6 Å². The third-order valence-corrected chi connectivity index (χ3v) is 0.758. The lowest BCUT2D eigenvalue weighted by molar-refractivity contribution is -0.110. The molecule has 42 valence electrons. The molecule has 3 heteroatoms. The Hall–Kier alpha value is -0.410. The van der Waals surface area contributed by atoms with Gasteiger partial charge in [0.05, 0.1) is 0 Å². The van der Waals surface area contributed by atoms with Gasteiger partial charge in [0.1, 0.15) is 6.17 Å². The monoisotopic (exact) mass is 102 g/mol. The number of hydrogen-bond donors (Lipinski definition) is 2. The molecule has 0 aliphatic heterocycles. The fourth-order valence-corrected chi connectivity index (χ4v) is 0.280. The summed E-state index contributed by atoms with van der Waals surface area (Å²) in [6.07, 6.45) is 0.611. The standard InChI is InChI=1S/C4H10N2O/c1-5-4(3-7)6-2/h3-6H,1-2H3. The van der Waals surface area contributed by atoms with Gasteiger partial charge in [0, 0.05) is 0 Å². The average molecular weight is 102 g/mol. The zero-order valence-corrected chi connectivity index (χ0v) is 4.56. The van der Waals surface area contributed by atoms with Gasteiger partial charge in [0.2, 0.25) is 0 Å². The molecule has 0 aromatic carbocycles. The summed E-state index contributed by atoms with van der Waals surface area (Å²) >= 11 is 0. The van der Waals surface area contributed by atoms with Crippen LogP contribution in [0.25, 0.3) is 0 Å².